The summed E-state index contributed by atoms with van der Waals surface area (Å²) < 4.78 is 0. The van der Waals surface area contributed by atoms with Crippen molar-refractivity contribution in [2.45, 2.75) is 19.0 Å². The fourth-order valence-corrected chi connectivity index (χ4v) is 2.39. The number of benzene rings is 1. The van der Waals surface area contributed by atoms with Crippen LogP contribution in [0.5, 0.6) is 0 Å². The maximum absolute atomic E-state index is 11.2. The molecule has 3 nitrogen and oxygen atoms in total. The van der Waals surface area contributed by atoms with E-state index in [0.29, 0.717) is 13.0 Å². The van der Waals surface area contributed by atoms with Crippen molar-refractivity contribution >= 4 is 17.3 Å². The molecule has 0 saturated heterocycles. The third-order valence-electron chi connectivity index (χ3n) is 2.68. The Labute approximate surface area is 110 Å². The highest BCUT2D eigenvalue weighted by Gasteiger charge is 2.17. The van der Waals surface area contributed by atoms with E-state index in [-0.39, 0.29) is 0 Å². The second kappa shape index (κ2) is 6.33. The van der Waals surface area contributed by atoms with E-state index >= 15 is 0 Å². The maximum Gasteiger partial charge on any atom is 0.321 e. The Balaban J connectivity index is 1.94. The maximum atomic E-state index is 11.2. The largest absolute Gasteiger partial charge is 0.480 e. The standard InChI is InChI=1S/C14H15NO2S/c16-14(17)13(9-11-5-2-1-3-6-11)15-10-12-7-4-8-18-12/h1-8,13,15H,9-10H2,(H,16,17). The van der Waals surface area contributed by atoms with Crippen LogP contribution < -0.4 is 5.32 Å². The minimum Gasteiger partial charge on any atom is -0.480 e. The number of carboxylic acid groups (broad SMARTS) is 1. The van der Waals surface area contributed by atoms with E-state index in [1.54, 1.807) is 11.3 Å². The van der Waals surface area contributed by atoms with Gasteiger partial charge in [0.1, 0.15) is 6.04 Å². The Bertz CT molecular complexity index is 482. The first-order valence-electron chi connectivity index (χ1n) is 5.78. The van der Waals surface area contributed by atoms with Gasteiger partial charge >= 0.3 is 5.97 Å². The van der Waals surface area contributed by atoms with Gasteiger partial charge in [-0.05, 0) is 23.4 Å². The first kappa shape index (κ1) is 12.8. The van der Waals surface area contributed by atoms with Crippen molar-refractivity contribution in [1.29, 1.82) is 0 Å². The molecule has 0 aliphatic heterocycles. The summed E-state index contributed by atoms with van der Waals surface area (Å²) in [5.74, 6) is -0.810. The quantitative estimate of drug-likeness (QED) is 0.840. The number of aliphatic carboxylic acids is 1. The van der Waals surface area contributed by atoms with Crippen LogP contribution in [0.1, 0.15) is 10.4 Å². The molecule has 0 aliphatic carbocycles. The van der Waals surface area contributed by atoms with Crippen LogP contribution in [-0.2, 0) is 17.8 Å². The molecule has 18 heavy (non-hydrogen) atoms. The van der Waals surface area contributed by atoms with E-state index in [1.165, 1.54) is 0 Å². The van der Waals surface area contributed by atoms with Crippen LogP contribution in [0.4, 0.5) is 0 Å². The third kappa shape index (κ3) is 3.68. The Kier molecular flexibility index (Phi) is 4.50. The summed E-state index contributed by atoms with van der Waals surface area (Å²) in [6.45, 7) is 0.599. The molecule has 4 heteroatoms. The normalized spacial score (nSPS) is 12.2. The van der Waals surface area contributed by atoms with Crippen LogP contribution in [0.25, 0.3) is 0 Å². The van der Waals surface area contributed by atoms with Gasteiger partial charge in [0.15, 0.2) is 0 Å². The Morgan fingerprint density at radius 2 is 2.00 bits per heavy atom. The molecule has 1 unspecified atom stereocenters. The molecule has 2 rings (SSSR count). The van der Waals surface area contributed by atoms with Gasteiger partial charge in [-0.1, -0.05) is 36.4 Å². The lowest BCUT2D eigenvalue weighted by Crippen LogP contribution is -2.37. The summed E-state index contributed by atoms with van der Waals surface area (Å²) in [5, 5.41) is 14.3. The molecule has 0 bridgehead atoms. The molecule has 0 amide bonds. The van der Waals surface area contributed by atoms with E-state index in [4.69, 9.17) is 0 Å². The van der Waals surface area contributed by atoms with Crippen molar-refractivity contribution < 1.29 is 9.90 Å². The first-order valence-corrected chi connectivity index (χ1v) is 6.66. The SMILES string of the molecule is O=C(O)C(Cc1ccccc1)NCc1cccs1. The predicted molar refractivity (Wildman–Crippen MR) is 72.7 cm³/mol. The molecule has 0 fully saturated rings. The van der Waals surface area contributed by atoms with Crippen molar-refractivity contribution in [1.82, 2.24) is 5.32 Å². The molecule has 1 aromatic carbocycles. The van der Waals surface area contributed by atoms with Gasteiger partial charge < -0.3 is 5.11 Å². The smallest absolute Gasteiger partial charge is 0.321 e. The average Bonchev–Trinajstić information content (AvgIpc) is 2.88. The summed E-state index contributed by atoms with van der Waals surface area (Å²) in [7, 11) is 0. The minimum absolute atomic E-state index is 0.502. The van der Waals surface area contributed by atoms with Crippen molar-refractivity contribution in [3.63, 3.8) is 0 Å². The minimum atomic E-state index is -0.810. The van der Waals surface area contributed by atoms with Crippen LogP contribution >= 0.6 is 11.3 Å². The van der Waals surface area contributed by atoms with Crippen molar-refractivity contribution in [2.75, 3.05) is 0 Å². The highest BCUT2D eigenvalue weighted by molar-refractivity contribution is 7.09. The van der Waals surface area contributed by atoms with Crippen LogP contribution in [0.2, 0.25) is 0 Å². The Morgan fingerprint density at radius 3 is 2.61 bits per heavy atom. The molecule has 0 radical (unpaired) electrons. The summed E-state index contributed by atoms with van der Waals surface area (Å²) in [6, 6.07) is 13.1. The lowest BCUT2D eigenvalue weighted by Gasteiger charge is -2.13. The van der Waals surface area contributed by atoms with Crippen LogP contribution in [0.15, 0.2) is 47.8 Å². The lowest BCUT2D eigenvalue weighted by atomic mass is 10.1. The van der Waals surface area contributed by atoms with Gasteiger partial charge in [-0.25, -0.2) is 0 Å². The van der Waals surface area contributed by atoms with E-state index < -0.39 is 12.0 Å². The van der Waals surface area contributed by atoms with Gasteiger partial charge in [0, 0.05) is 11.4 Å². The molecule has 1 aromatic heterocycles. The zero-order chi connectivity index (χ0) is 12.8. The predicted octanol–water partition coefficient (Wildman–Crippen LogP) is 2.53. The fourth-order valence-electron chi connectivity index (χ4n) is 1.73. The average molecular weight is 261 g/mol. The number of thiophene rings is 1. The number of nitrogens with one attached hydrogen (secondary N) is 1. The van der Waals surface area contributed by atoms with Gasteiger partial charge in [-0.15, -0.1) is 11.3 Å². The molecule has 0 spiro atoms. The molecule has 0 saturated carbocycles. The Hall–Kier alpha value is -1.65. The number of hydrogen-bond donors (Lipinski definition) is 2. The molecular formula is C14H15NO2S. The molecular weight excluding hydrogens is 246 g/mol. The van der Waals surface area contributed by atoms with Crippen LogP contribution in [0.3, 0.4) is 0 Å². The number of rotatable bonds is 6. The van der Waals surface area contributed by atoms with Crippen LogP contribution in [0, 0.1) is 0 Å². The number of hydrogen-bond acceptors (Lipinski definition) is 3. The summed E-state index contributed by atoms with van der Waals surface area (Å²) in [5.41, 5.74) is 1.03. The van der Waals surface area contributed by atoms with Crippen molar-refractivity contribution in [3.05, 3.63) is 58.3 Å². The molecule has 2 N–H and O–H groups in total. The zero-order valence-corrected chi connectivity index (χ0v) is 10.7. The topological polar surface area (TPSA) is 49.3 Å². The lowest BCUT2D eigenvalue weighted by molar-refractivity contribution is -0.139. The summed E-state index contributed by atoms with van der Waals surface area (Å²) in [6.07, 6.45) is 0.502. The fraction of sp³-hybridized carbons (Fsp3) is 0.214. The number of carbonyl (C=O) groups is 1. The third-order valence-corrected chi connectivity index (χ3v) is 3.56. The van der Waals surface area contributed by atoms with Crippen molar-refractivity contribution in [3.8, 4) is 0 Å². The van der Waals surface area contributed by atoms with Gasteiger partial charge in [0.25, 0.3) is 0 Å². The molecule has 0 aliphatic rings. The highest BCUT2D eigenvalue weighted by Crippen LogP contribution is 2.09. The molecule has 94 valence electrons. The van der Waals surface area contributed by atoms with E-state index in [0.717, 1.165) is 10.4 Å². The van der Waals surface area contributed by atoms with Gasteiger partial charge in [0.2, 0.25) is 0 Å². The van der Waals surface area contributed by atoms with Crippen molar-refractivity contribution in [2.24, 2.45) is 0 Å². The molecule has 1 heterocycles. The van der Waals surface area contributed by atoms with Gasteiger partial charge in [0.05, 0.1) is 0 Å². The molecule has 1 atom stereocenters. The van der Waals surface area contributed by atoms with E-state index in [9.17, 15) is 9.90 Å². The second-order valence-corrected chi connectivity index (χ2v) is 5.07. The zero-order valence-electron chi connectivity index (χ0n) is 9.87. The highest BCUT2D eigenvalue weighted by atomic mass is 32.1. The van der Waals surface area contributed by atoms with Gasteiger partial charge in [-0.3, -0.25) is 10.1 Å². The number of carboxylic acids is 1. The van der Waals surface area contributed by atoms with Crippen LogP contribution in [-0.4, -0.2) is 17.1 Å². The van der Waals surface area contributed by atoms with Gasteiger partial charge in [-0.2, -0.15) is 0 Å². The first-order chi connectivity index (χ1) is 8.75. The summed E-state index contributed by atoms with van der Waals surface area (Å²) in [4.78, 5) is 12.4. The monoisotopic (exact) mass is 261 g/mol. The molecule has 2 aromatic rings. The second-order valence-electron chi connectivity index (χ2n) is 4.04. The van der Waals surface area contributed by atoms with E-state index in [1.807, 2.05) is 47.8 Å². The summed E-state index contributed by atoms with van der Waals surface area (Å²) >= 11 is 1.63. The Morgan fingerprint density at radius 1 is 1.22 bits per heavy atom. The van der Waals surface area contributed by atoms with E-state index in [2.05, 4.69) is 5.32 Å².